The van der Waals surface area contributed by atoms with E-state index in [2.05, 4.69) is 0 Å². The lowest BCUT2D eigenvalue weighted by Crippen LogP contribution is -2.51. The number of nitrogens with zero attached hydrogens (tertiary/aromatic N) is 1. The average Bonchev–Trinajstić information content (AvgIpc) is 2.51. The van der Waals surface area contributed by atoms with E-state index in [0.29, 0.717) is 12.1 Å². The SMILES string of the molecule is C[C@@H]1CN(C(=O)OC(C)(C)C)C[C@H](COS(=O)(=O)Cc2ccccc2)O1. The highest BCUT2D eigenvalue weighted by Gasteiger charge is 2.32. The molecule has 1 aliphatic heterocycles. The van der Waals surface area contributed by atoms with Gasteiger partial charge < -0.3 is 14.4 Å². The molecule has 0 saturated carbocycles. The van der Waals surface area contributed by atoms with Gasteiger partial charge in [-0.15, -0.1) is 0 Å². The second kappa shape index (κ2) is 8.37. The molecular weight excluding hydrogens is 358 g/mol. The first-order valence-electron chi connectivity index (χ1n) is 8.58. The molecule has 0 spiro atoms. The maximum atomic E-state index is 12.2. The second-order valence-corrected chi connectivity index (χ2v) is 9.07. The molecule has 0 bridgehead atoms. The van der Waals surface area contributed by atoms with Gasteiger partial charge in [0.05, 0.1) is 25.8 Å². The molecule has 0 unspecified atom stereocenters. The van der Waals surface area contributed by atoms with Crippen LogP contribution in [0.1, 0.15) is 33.3 Å². The summed E-state index contributed by atoms with van der Waals surface area (Å²) < 4.78 is 40.5. The number of morpholine rings is 1. The van der Waals surface area contributed by atoms with Crippen molar-refractivity contribution in [2.45, 2.75) is 51.3 Å². The topological polar surface area (TPSA) is 82.1 Å². The fourth-order valence-electron chi connectivity index (χ4n) is 2.61. The predicted molar refractivity (Wildman–Crippen MR) is 97.2 cm³/mol. The highest BCUT2D eigenvalue weighted by Crippen LogP contribution is 2.17. The highest BCUT2D eigenvalue weighted by atomic mass is 32.2. The molecule has 0 aromatic heterocycles. The lowest BCUT2D eigenvalue weighted by molar-refractivity contribution is -0.0917. The predicted octanol–water partition coefficient (Wildman–Crippen LogP) is 2.56. The summed E-state index contributed by atoms with van der Waals surface area (Å²) in [6, 6.07) is 8.82. The molecule has 0 radical (unpaired) electrons. The van der Waals surface area contributed by atoms with Crippen molar-refractivity contribution in [3.05, 3.63) is 35.9 Å². The van der Waals surface area contributed by atoms with Gasteiger partial charge in [0.1, 0.15) is 17.5 Å². The van der Waals surface area contributed by atoms with Crippen molar-refractivity contribution in [2.24, 2.45) is 0 Å². The number of amides is 1. The Hall–Kier alpha value is -1.64. The Balaban J connectivity index is 1.91. The molecule has 7 nitrogen and oxygen atoms in total. The zero-order chi connectivity index (χ0) is 19.4. The van der Waals surface area contributed by atoms with Crippen molar-refractivity contribution >= 4 is 16.2 Å². The minimum atomic E-state index is -3.73. The first-order valence-corrected chi connectivity index (χ1v) is 10.2. The first kappa shape index (κ1) is 20.7. The molecule has 1 aromatic carbocycles. The molecule has 1 aliphatic rings. The van der Waals surface area contributed by atoms with Crippen LogP contribution in [0.25, 0.3) is 0 Å². The molecule has 1 fully saturated rings. The van der Waals surface area contributed by atoms with E-state index in [1.165, 1.54) is 4.90 Å². The minimum Gasteiger partial charge on any atom is -0.444 e. The summed E-state index contributed by atoms with van der Waals surface area (Å²) in [6.07, 6.45) is -1.21. The van der Waals surface area contributed by atoms with Crippen molar-refractivity contribution in [2.75, 3.05) is 19.7 Å². The van der Waals surface area contributed by atoms with Crippen LogP contribution in [0.5, 0.6) is 0 Å². The van der Waals surface area contributed by atoms with Gasteiger partial charge in [0.25, 0.3) is 10.1 Å². The Kier molecular flexibility index (Phi) is 6.65. The van der Waals surface area contributed by atoms with Crippen LogP contribution < -0.4 is 0 Å². The van der Waals surface area contributed by atoms with Gasteiger partial charge in [-0.3, -0.25) is 4.18 Å². The Bertz CT molecular complexity index is 698. The zero-order valence-corrected chi connectivity index (χ0v) is 16.5. The van der Waals surface area contributed by atoms with Crippen LogP contribution in [-0.4, -0.2) is 56.9 Å². The molecule has 2 rings (SSSR count). The number of carbonyl (C=O) groups excluding carboxylic acids is 1. The third kappa shape index (κ3) is 6.93. The number of ether oxygens (including phenoxy) is 2. The van der Waals surface area contributed by atoms with Crippen molar-refractivity contribution in [1.29, 1.82) is 0 Å². The molecule has 1 amide bonds. The number of hydrogen-bond donors (Lipinski definition) is 0. The molecule has 1 saturated heterocycles. The van der Waals surface area contributed by atoms with Crippen molar-refractivity contribution in [3.63, 3.8) is 0 Å². The largest absolute Gasteiger partial charge is 0.444 e. The van der Waals surface area contributed by atoms with E-state index in [4.69, 9.17) is 13.7 Å². The monoisotopic (exact) mass is 385 g/mol. The van der Waals surface area contributed by atoms with Crippen molar-refractivity contribution in [3.8, 4) is 0 Å². The number of hydrogen-bond acceptors (Lipinski definition) is 6. The molecule has 0 aliphatic carbocycles. The summed E-state index contributed by atoms with van der Waals surface area (Å²) in [5.41, 5.74) is 0.0599. The van der Waals surface area contributed by atoms with E-state index < -0.39 is 27.9 Å². The van der Waals surface area contributed by atoms with E-state index in [1.807, 2.05) is 13.0 Å². The summed E-state index contributed by atoms with van der Waals surface area (Å²) in [4.78, 5) is 13.8. The zero-order valence-electron chi connectivity index (χ0n) is 15.7. The third-order valence-electron chi connectivity index (χ3n) is 3.60. The number of carbonyl (C=O) groups is 1. The molecule has 1 aromatic rings. The van der Waals surface area contributed by atoms with Crippen molar-refractivity contribution < 1.29 is 26.9 Å². The first-order chi connectivity index (χ1) is 12.0. The Morgan fingerprint density at radius 1 is 1.23 bits per heavy atom. The second-order valence-electron chi connectivity index (χ2n) is 7.43. The lowest BCUT2D eigenvalue weighted by atomic mass is 10.2. The molecule has 1 heterocycles. The van der Waals surface area contributed by atoms with Crippen LogP contribution in [-0.2, 0) is 29.5 Å². The molecular formula is C18H27NO6S. The van der Waals surface area contributed by atoms with E-state index in [1.54, 1.807) is 45.0 Å². The fraction of sp³-hybridized carbons (Fsp3) is 0.611. The smallest absolute Gasteiger partial charge is 0.410 e. The van der Waals surface area contributed by atoms with Crippen molar-refractivity contribution in [1.82, 2.24) is 4.90 Å². The summed E-state index contributed by atoms with van der Waals surface area (Å²) in [6.45, 7) is 7.69. The van der Waals surface area contributed by atoms with Gasteiger partial charge in [-0.05, 0) is 33.3 Å². The van der Waals surface area contributed by atoms with Gasteiger partial charge in [0, 0.05) is 0 Å². The van der Waals surface area contributed by atoms with Crippen LogP contribution in [0.3, 0.4) is 0 Å². The maximum Gasteiger partial charge on any atom is 0.410 e. The van der Waals surface area contributed by atoms with Crippen LogP contribution in [0.2, 0.25) is 0 Å². The normalized spacial score (nSPS) is 21.5. The van der Waals surface area contributed by atoms with E-state index in [0.717, 1.165) is 0 Å². The summed E-state index contributed by atoms with van der Waals surface area (Å²) in [7, 11) is -3.73. The van der Waals surface area contributed by atoms with Crippen LogP contribution in [0, 0.1) is 0 Å². The Labute approximate surface area is 155 Å². The highest BCUT2D eigenvalue weighted by molar-refractivity contribution is 7.85. The lowest BCUT2D eigenvalue weighted by Gasteiger charge is -2.37. The quantitative estimate of drug-likeness (QED) is 0.725. The van der Waals surface area contributed by atoms with E-state index >= 15 is 0 Å². The Morgan fingerprint density at radius 2 is 1.88 bits per heavy atom. The molecule has 146 valence electrons. The van der Waals surface area contributed by atoms with E-state index in [9.17, 15) is 13.2 Å². The standard InChI is InChI=1S/C18H27NO6S/c1-14-10-19(17(20)25-18(2,3)4)11-16(24-14)12-23-26(21,22)13-15-8-6-5-7-9-15/h5-9,14,16H,10-13H2,1-4H3/t14-,16-/m1/s1. The van der Waals surface area contributed by atoms with Crippen LogP contribution in [0.4, 0.5) is 4.79 Å². The molecule has 26 heavy (non-hydrogen) atoms. The molecule has 8 heteroatoms. The third-order valence-corrected chi connectivity index (χ3v) is 4.78. The minimum absolute atomic E-state index is 0.140. The summed E-state index contributed by atoms with van der Waals surface area (Å²) in [5.74, 6) is -0.202. The van der Waals surface area contributed by atoms with E-state index in [-0.39, 0.29) is 25.0 Å². The van der Waals surface area contributed by atoms with Gasteiger partial charge in [-0.1, -0.05) is 30.3 Å². The van der Waals surface area contributed by atoms with Gasteiger partial charge in [-0.2, -0.15) is 8.42 Å². The summed E-state index contributed by atoms with van der Waals surface area (Å²) in [5, 5.41) is 0. The molecule has 2 atom stereocenters. The maximum absolute atomic E-state index is 12.2. The van der Waals surface area contributed by atoms with Crippen LogP contribution in [0.15, 0.2) is 30.3 Å². The van der Waals surface area contributed by atoms with Gasteiger partial charge in [-0.25, -0.2) is 4.79 Å². The summed E-state index contributed by atoms with van der Waals surface area (Å²) >= 11 is 0. The van der Waals surface area contributed by atoms with Gasteiger partial charge in [0.2, 0.25) is 0 Å². The Morgan fingerprint density at radius 3 is 2.50 bits per heavy atom. The van der Waals surface area contributed by atoms with Gasteiger partial charge in [0.15, 0.2) is 0 Å². The average molecular weight is 385 g/mol. The molecule has 0 N–H and O–H groups in total. The van der Waals surface area contributed by atoms with Crippen LogP contribution >= 0.6 is 0 Å². The number of benzene rings is 1. The van der Waals surface area contributed by atoms with Gasteiger partial charge >= 0.3 is 6.09 Å². The fourth-order valence-corrected chi connectivity index (χ4v) is 3.66. The number of rotatable bonds is 5.